The topological polar surface area (TPSA) is 79.0 Å². The number of nitrogens with one attached hydrogen (secondary N) is 1. The van der Waals surface area contributed by atoms with Crippen molar-refractivity contribution in [1.29, 1.82) is 0 Å². The molecule has 7 heteroatoms. The van der Waals surface area contributed by atoms with E-state index in [1.54, 1.807) is 6.92 Å². The van der Waals surface area contributed by atoms with Crippen LogP contribution in [0.1, 0.15) is 45.6 Å². The van der Waals surface area contributed by atoms with Crippen LogP contribution < -0.4 is 5.32 Å². The molecule has 158 valence electrons. The van der Waals surface area contributed by atoms with Gasteiger partial charge in [0.05, 0.1) is 0 Å². The van der Waals surface area contributed by atoms with Gasteiger partial charge in [-0.05, 0) is 30.7 Å². The normalized spacial score (nSPS) is 20.2. The van der Waals surface area contributed by atoms with Crippen molar-refractivity contribution in [2.24, 2.45) is 5.92 Å². The first-order chi connectivity index (χ1) is 13.9. The summed E-state index contributed by atoms with van der Waals surface area (Å²) in [6, 6.07) is 7.96. The van der Waals surface area contributed by atoms with E-state index in [-0.39, 0.29) is 12.5 Å². The van der Waals surface area contributed by atoms with Crippen LogP contribution >= 0.6 is 0 Å². The summed E-state index contributed by atoms with van der Waals surface area (Å²) in [5, 5.41) is 2.89. The third kappa shape index (κ3) is 4.61. The third-order valence-corrected chi connectivity index (χ3v) is 5.72. The smallest absolute Gasteiger partial charge is 0.329 e. The number of rotatable bonds is 7. The fraction of sp³-hybridized carbons (Fsp3) is 0.591. The maximum Gasteiger partial charge on any atom is 0.329 e. The van der Waals surface area contributed by atoms with E-state index >= 15 is 0 Å². The van der Waals surface area contributed by atoms with Crippen molar-refractivity contribution in [3.63, 3.8) is 0 Å². The van der Waals surface area contributed by atoms with Crippen LogP contribution in [0, 0.1) is 5.92 Å². The molecule has 3 rings (SSSR count). The van der Waals surface area contributed by atoms with Gasteiger partial charge in [-0.25, -0.2) is 14.5 Å². The second-order valence-corrected chi connectivity index (χ2v) is 8.40. The molecule has 0 radical (unpaired) electrons. The SMILES string of the molecule is CCC(C(=O)OCc1ccccc1)N1C(=O)NC2(CCN(CC(C)C)CC2)C1=O. The number of hydrogen-bond acceptors (Lipinski definition) is 5. The van der Waals surface area contributed by atoms with Gasteiger partial charge in [-0.3, -0.25) is 4.79 Å². The highest BCUT2D eigenvalue weighted by Crippen LogP contribution is 2.31. The number of ether oxygens (including phenoxy) is 1. The molecular formula is C22H31N3O4. The van der Waals surface area contributed by atoms with Crippen molar-refractivity contribution in [1.82, 2.24) is 15.1 Å². The second kappa shape index (κ2) is 8.95. The first-order valence-electron chi connectivity index (χ1n) is 10.4. The summed E-state index contributed by atoms with van der Waals surface area (Å²) in [6.45, 7) is 8.73. The molecular weight excluding hydrogens is 370 g/mol. The molecule has 2 aliphatic rings. The minimum atomic E-state index is -0.903. The average molecular weight is 402 g/mol. The van der Waals surface area contributed by atoms with Gasteiger partial charge in [0.2, 0.25) is 0 Å². The Balaban J connectivity index is 1.65. The number of esters is 1. The molecule has 2 aliphatic heterocycles. The zero-order valence-corrected chi connectivity index (χ0v) is 17.5. The zero-order valence-electron chi connectivity index (χ0n) is 17.5. The van der Waals surface area contributed by atoms with Crippen molar-refractivity contribution in [2.45, 2.75) is 58.2 Å². The Hall–Kier alpha value is -2.41. The summed E-state index contributed by atoms with van der Waals surface area (Å²) in [5.74, 6) is -0.289. The lowest BCUT2D eigenvalue weighted by atomic mass is 9.87. The number of carbonyl (C=O) groups excluding carboxylic acids is 3. The van der Waals surface area contributed by atoms with E-state index in [1.165, 1.54) is 0 Å². The van der Waals surface area contributed by atoms with Gasteiger partial charge < -0.3 is 15.0 Å². The Kier molecular flexibility index (Phi) is 6.57. The molecule has 7 nitrogen and oxygen atoms in total. The number of hydrogen-bond donors (Lipinski definition) is 1. The maximum absolute atomic E-state index is 13.2. The number of likely N-dealkylation sites (tertiary alicyclic amines) is 1. The fourth-order valence-corrected chi connectivity index (χ4v) is 4.18. The van der Waals surface area contributed by atoms with Crippen LogP contribution in [-0.4, -0.2) is 58.9 Å². The highest BCUT2D eigenvalue weighted by atomic mass is 16.5. The largest absolute Gasteiger partial charge is 0.459 e. The first kappa shape index (κ1) is 21.3. The molecule has 0 saturated carbocycles. The van der Waals surface area contributed by atoms with Crippen molar-refractivity contribution in [2.75, 3.05) is 19.6 Å². The van der Waals surface area contributed by atoms with E-state index in [4.69, 9.17) is 4.74 Å². The molecule has 1 spiro atoms. The predicted molar refractivity (Wildman–Crippen MR) is 109 cm³/mol. The molecule has 1 unspecified atom stereocenters. The monoisotopic (exact) mass is 401 g/mol. The molecule has 0 aliphatic carbocycles. The Labute approximate surface area is 172 Å². The Morgan fingerprint density at radius 1 is 1.17 bits per heavy atom. The van der Waals surface area contributed by atoms with E-state index in [1.807, 2.05) is 30.3 Å². The lowest BCUT2D eigenvalue weighted by molar-refractivity contribution is -0.154. The second-order valence-electron chi connectivity index (χ2n) is 8.40. The van der Waals surface area contributed by atoms with Crippen LogP contribution in [0.5, 0.6) is 0 Å². The van der Waals surface area contributed by atoms with Gasteiger partial charge in [-0.15, -0.1) is 0 Å². The Morgan fingerprint density at radius 2 is 1.83 bits per heavy atom. The molecule has 2 heterocycles. The summed E-state index contributed by atoms with van der Waals surface area (Å²) >= 11 is 0. The molecule has 2 saturated heterocycles. The van der Waals surface area contributed by atoms with Gasteiger partial charge in [0.1, 0.15) is 18.2 Å². The summed E-state index contributed by atoms with van der Waals surface area (Å²) in [7, 11) is 0. The minimum Gasteiger partial charge on any atom is -0.459 e. The van der Waals surface area contributed by atoms with Crippen LogP contribution in [0.25, 0.3) is 0 Å². The number of carbonyl (C=O) groups is 3. The highest BCUT2D eigenvalue weighted by Gasteiger charge is 2.55. The van der Waals surface area contributed by atoms with Crippen LogP contribution in [0.15, 0.2) is 30.3 Å². The predicted octanol–water partition coefficient (Wildman–Crippen LogP) is 2.55. The lowest BCUT2D eigenvalue weighted by Gasteiger charge is -2.38. The quantitative estimate of drug-likeness (QED) is 0.561. The maximum atomic E-state index is 13.2. The summed E-state index contributed by atoms with van der Waals surface area (Å²) in [6.07, 6.45) is 1.45. The van der Waals surface area contributed by atoms with Crippen LogP contribution in [0.3, 0.4) is 0 Å². The lowest BCUT2D eigenvalue weighted by Crippen LogP contribution is -2.56. The molecule has 29 heavy (non-hydrogen) atoms. The summed E-state index contributed by atoms with van der Waals surface area (Å²) in [5.41, 5.74) is -0.0283. The minimum absolute atomic E-state index is 0.120. The van der Waals surface area contributed by atoms with E-state index in [0.717, 1.165) is 30.1 Å². The highest BCUT2D eigenvalue weighted by molar-refractivity contribution is 6.09. The summed E-state index contributed by atoms with van der Waals surface area (Å²) < 4.78 is 5.41. The van der Waals surface area contributed by atoms with E-state index in [0.29, 0.717) is 25.2 Å². The van der Waals surface area contributed by atoms with Gasteiger partial charge in [0.25, 0.3) is 5.91 Å². The van der Waals surface area contributed by atoms with Crippen LogP contribution in [0.2, 0.25) is 0 Å². The number of piperidine rings is 1. The van der Waals surface area contributed by atoms with Crippen molar-refractivity contribution in [3.05, 3.63) is 35.9 Å². The number of nitrogens with zero attached hydrogens (tertiary/aromatic N) is 2. The van der Waals surface area contributed by atoms with Crippen LogP contribution in [0.4, 0.5) is 4.79 Å². The van der Waals surface area contributed by atoms with Crippen molar-refractivity contribution < 1.29 is 19.1 Å². The third-order valence-electron chi connectivity index (χ3n) is 5.72. The molecule has 1 N–H and O–H groups in total. The Bertz CT molecular complexity index is 742. The number of urea groups is 1. The fourth-order valence-electron chi connectivity index (χ4n) is 4.18. The zero-order chi connectivity index (χ0) is 21.0. The summed E-state index contributed by atoms with van der Waals surface area (Å²) in [4.78, 5) is 42.0. The molecule has 1 aromatic carbocycles. The number of benzene rings is 1. The number of imide groups is 1. The van der Waals surface area contributed by atoms with Gasteiger partial charge in [0, 0.05) is 19.6 Å². The van der Waals surface area contributed by atoms with Gasteiger partial charge >= 0.3 is 12.0 Å². The van der Waals surface area contributed by atoms with E-state index < -0.39 is 23.6 Å². The van der Waals surface area contributed by atoms with Gasteiger partial charge in [-0.1, -0.05) is 51.1 Å². The molecule has 2 fully saturated rings. The molecule has 0 bridgehead atoms. The first-order valence-corrected chi connectivity index (χ1v) is 10.4. The van der Waals surface area contributed by atoms with Crippen molar-refractivity contribution in [3.8, 4) is 0 Å². The van der Waals surface area contributed by atoms with E-state index in [2.05, 4.69) is 24.1 Å². The molecule has 3 amide bonds. The molecule has 0 aromatic heterocycles. The van der Waals surface area contributed by atoms with Crippen LogP contribution in [-0.2, 0) is 20.9 Å². The van der Waals surface area contributed by atoms with E-state index in [9.17, 15) is 14.4 Å². The average Bonchev–Trinajstić information content (AvgIpc) is 2.94. The number of amides is 3. The Morgan fingerprint density at radius 3 is 2.41 bits per heavy atom. The molecule has 1 aromatic rings. The van der Waals surface area contributed by atoms with Gasteiger partial charge in [-0.2, -0.15) is 0 Å². The molecule has 1 atom stereocenters. The van der Waals surface area contributed by atoms with Gasteiger partial charge in [0.15, 0.2) is 0 Å². The van der Waals surface area contributed by atoms with Crippen molar-refractivity contribution >= 4 is 17.9 Å². The standard InChI is InChI=1S/C22H31N3O4/c1-4-18(19(26)29-15-17-8-6-5-7-9-17)25-20(27)22(23-21(25)28)10-12-24(13-11-22)14-16(2)3/h5-9,16,18H,4,10-15H2,1-3H3,(H,23,28).